The molecule has 0 spiro atoms. The summed E-state index contributed by atoms with van der Waals surface area (Å²) in [6, 6.07) is 11.4. The third kappa shape index (κ3) is 7.87. The van der Waals surface area contributed by atoms with Gasteiger partial charge in [0.1, 0.15) is 12.6 Å². The molecule has 10 heteroatoms. The van der Waals surface area contributed by atoms with Crippen LogP contribution in [0.15, 0.2) is 42.5 Å². The molecule has 0 radical (unpaired) electrons. The van der Waals surface area contributed by atoms with Crippen LogP contribution in [0, 0.1) is 0 Å². The highest BCUT2D eigenvalue weighted by atomic mass is 35.5. The van der Waals surface area contributed by atoms with E-state index in [4.69, 9.17) is 23.2 Å². The number of nitrogens with one attached hydrogen (secondary N) is 1. The average molecular weight is 583 g/mol. The minimum atomic E-state index is -3.81. The lowest BCUT2D eigenvalue weighted by atomic mass is 9.95. The number of amides is 2. The zero-order chi connectivity index (χ0) is 28.0. The Kier molecular flexibility index (Phi) is 10.5. The molecule has 0 aliphatic heterocycles. The molecule has 7 nitrogen and oxygen atoms in total. The molecule has 0 heterocycles. The van der Waals surface area contributed by atoms with E-state index in [0.29, 0.717) is 21.3 Å². The van der Waals surface area contributed by atoms with Gasteiger partial charge in [-0.25, -0.2) is 8.42 Å². The van der Waals surface area contributed by atoms with Crippen molar-refractivity contribution < 1.29 is 18.0 Å². The van der Waals surface area contributed by atoms with Crippen molar-refractivity contribution in [2.75, 3.05) is 17.1 Å². The number of carbonyl (C=O) groups excluding carboxylic acids is 2. The van der Waals surface area contributed by atoms with Crippen LogP contribution < -0.4 is 9.62 Å². The minimum absolute atomic E-state index is 0.0399. The molecular weight excluding hydrogens is 545 g/mol. The molecule has 0 saturated heterocycles. The second kappa shape index (κ2) is 13.2. The molecule has 3 rings (SSSR count). The Bertz CT molecular complexity index is 1250. The topological polar surface area (TPSA) is 86.8 Å². The maximum atomic E-state index is 13.8. The molecule has 208 valence electrons. The minimum Gasteiger partial charge on any atom is -0.352 e. The quantitative estimate of drug-likeness (QED) is 0.387. The number of rotatable bonds is 10. The van der Waals surface area contributed by atoms with E-state index in [9.17, 15) is 18.0 Å². The molecule has 1 fully saturated rings. The summed E-state index contributed by atoms with van der Waals surface area (Å²) < 4.78 is 27.0. The fourth-order valence-corrected chi connectivity index (χ4v) is 5.97. The maximum Gasteiger partial charge on any atom is 0.244 e. The summed E-state index contributed by atoms with van der Waals surface area (Å²) in [4.78, 5) is 28.5. The number of nitrogens with zero attached hydrogens (tertiary/aromatic N) is 2. The van der Waals surface area contributed by atoms with Gasteiger partial charge < -0.3 is 10.2 Å². The largest absolute Gasteiger partial charge is 0.352 e. The Labute approximate surface area is 236 Å². The Morgan fingerprint density at radius 3 is 2.26 bits per heavy atom. The van der Waals surface area contributed by atoms with Gasteiger partial charge in [0.25, 0.3) is 0 Å². The summed E-state index contributed by atoms with van der Waals surface area (Å²) in [5.74, 6) is -0.719. The van der Waals surface area contributed by atoms with Crippen molar-refractivity contribution in [3.8, 4) is 0 Å². The van der Waals surface area contributed by atoms with E-state index in [1.54, 1.807) is 37.3 Å². The van der Waals surface area contributed by atoms with Crippen LogP contribution in [-0.2, 0) is 26.2 Å². The molecule has 0 unspecified atom stereocenters. The number of anilines is 1. The van der Waals surface area contributed by atoms with Gasteiger partial charge in [-0.05, 0) is 55.0 Å². The number of hydrogen-bond donors (Lipinski definition) is 1. The van der Waals surface area contributed by atoms with E-state index in [-0.39, 0.29) is 24.4 Å². The predicted molar refractivity (Wildman–Crippen MR) is 154 cm³/mol. The molecule has 0 bridgehead atoms. The summed E-state index contributed by atoms with van der Waals surface area (Å²) in [6.45, 7) is 5.23. The summed E-state index contributed by atoms with van der Waals surface area (Å²) >= 11 is 12.3. The van der Waals surface area contributed by atoms with E-state index in [2.05, 4.69) is 5.32 Å². The highest BCUT2D eigenvalue weighted by molar-refractivity contribution is 7.92. The Hall–Kier alpha value is -2.29. The number of para-hydroxylation sites is 1. The van der Waals surface area contributed by atoms with Crippen LogP contribution in [0.2, 0.25) is 10.0 Å². The van der Waals surface area contributed by atoms with Crippen LogP contribution >= 0.6 is 23.2 Å². The number of benzene rings is 2. The number of hydrogen-bond acceptors (Lipinski definition) is 4. The Balaban J connectivity index is 1.93. The lowest BCUT2D eigenvalue weighted by Crippen LogP contribution is -2.53. The Morgan fingerprint density at radius 1 is 1.00 bits per heavy atom. The van der Waals surface area contributed by atoms with E-state index in [0.717, 1.165) is 48.2 Å². The first-order chi connectivity index (χ1) is 17.9. The zero-order valence-corrected chi connectivity index (χ0v) is 24.7. The summed E-state index contributed by atoms with van der Waals surface area (Å²) in [6.07, 6.45) is 6.18. The monoisotopic (exact) mass is 581 g/mol. The third-order valence-electron chi connectivity index (χ3n) is 6.96. The van der Waals surface area contributed by atoms with Crippen LogP contribution in [0.5, 0.6) is 0 Å². The van der Waals surface area contributed by atoms with Gasteiger partial charge in [0, 0.05) is 12.6 Å². The number of halogens is 2. The second-order valence-electron chi connectivity index (χ2n) is 10.3. The lowest BCUT2D eigenvalue weighted by Gasteiger charge is -2.33. The van der Waals surface area contributed by atoms with E-state index in [1.807, 2.05) is 26.0 Å². The van der Waals surface area contributed by atoms with Gasteiger partial charge in [-0.1, -0.05) is 80.6 Å². The molecule has 2 aromatic carbocycles. The molecular formula is C28H37Cl2N3O4S. The number of sulfonamides is 1. The molecule has 1 atom stereocenters. The summed E-state index contributed by atoms with van der Waals surface area (Å²) in [5.41, 5.74) is 1.94. The van der Waals surface area contributed by atoms with Gasteiger partial charge in [0.2, 0.25) is 21.8 Å². The fourth-order valence-electron chi connectivity index (χ4n) is 4.78. The van der Waals surface area contributed by atoms with Gasteiger partial charge in [-0.2, -0.15) is 0 Å². The second-order valence-corrected chi connectivity index (χ2v) is 13.0. The van der Waals surface area contributed by atoms with Gasteiger partial charge >= 0.3 is 0 Å². The number of carbonyl (C=O) groups is 2. The Morgan fingerprint density at radius 2 is 1.66 bits per heavy atom. The maximum absolute atomic E-state index is 13.8. The van der Waals surface area contributed by atoms with Crippen LogP contribution in [0.3, 0.4) is 0 Å². The predicted octanol–water partition coefficient (Wildman–Crippen LogP) is 5.75. The highest BCUT2D eigenvalue weighted by Crippen LogP contribution is 2.30. The molecule has 2 aromatic rings. The van der Waals surface area contributed by atoms with Crippen molar-refractivity contribution in [3.63, 3.8) is 0 Å². The molecule has 2 amide bonds. The average Bonchev–Trinajstić information content (AvgIpc) is 2.87. The van der Waals surface area contributed by atoms with Crippen molar-refractivity contribution >= 4 is 50.7 Å². The van der Waals surface area contributed by atoms with E-state index >= 15 is 0 Å². The first-order valence-corrected chi connectivity index (χ1v) is 15.6. The van der Waals surface area contributed by atoms with Gasteiger partial charge in [-0.3, -0.25) is 13.9 Å². The van der Waals surface area contributed by atoms with Crippen LogP contribution in [0.4, 0.5) is 5.69 Å². The standard InChI is InChI=1S/C28H37Cl2N3O4S/c1-19(2)23-12-8-9-13-26(23)33(38(4,36)37)18-27(34)32(17-21-14-15-24(29)25(30)16-21)20(3)28(35)31-22-10-6-5-7-11-22/h8-9,12-16,19-20,22H,5-7,10-11,17-18H2,1-4H3,(H,31,35)/t20-/m1/s1. The summed E-state index contributed by atoms with van der Waals surface area (Å²) in [5, 5.41) is 3.80. The normalized spacial score (nSPS) is 15.2. The van der Waals surface area contributed by atoms with Crippen molar-refractivity contribution in [2.45, 2.75) is 77.4 Å². The SMILES string of the molecule is CC(C)c1ccccc1N(CC(=O)N(Cc1ccc(Cl)c(Cl)c1)[C@H](C)C(=O)NC1CCCCC1)S(C)(=O)=O. The van der Waals surface area contributed by atoms with Crippen LogP contribution in [0.1, 0.15) is 69.9 Å². The van der Waals surface area contributed by atoms with E-state index in [1.165, 1.54) is 4.90 Å². The van der Waals surface area contributed by atoms with E-state index < -0.39 is 28.5 Å². The van der Waals surface area contributed by atoms with Gasteiger partial charge in [-0.15, -0.1) is 0 Å². The van der Waals surface area contributed by atoms with Crippen molar-refractivity contribution in [1.29, 1.82) is 0 Å². The zero-order valence-electron chi connectivity index (χ0n) is 22.4. The van der Waals surface area contributed by atoms with Crippen molar-refractivity contribution in [3.05, 3.63) is 63.6 Å². The first-order valence-electron chi connectivity index (χ1n) is 13.0. The smallest absolute Gasteiger partial charge is 0.244 e. The van der Waals surface area contributed by atoms with Gasteiger partial charge in [0.05, 0.1) is 22.0 Å². The first kappa shape index (κ1) is 30.3. The third-order valence-corrected chi connectivity index (χ3v) is 8.83. The van der Waals surface area contributed by atoms with Crippen molar-refractivity contribution in [2.24, 2.45) is 0 Å². The molecule has 1 N–H and O–H groups in total. The molecule has 38 heavy (non-hydrogen) atoms. The molecule has 1 saturated carbocycles. The molecule has 0 aromatic heterocycles. The van der Waals surface area contributed by atoms with Crippen LogP contribution in [-0.4, -0.2) is 50.0 Å². The molecule has 1 aliphatic rings. The molecule has 1 aliphatic carbocycles. The fraction of sp³-hybridized carbons (Fsp3) is 0.500. The van der Waals surface area contributed by atoms with Crippen LogP contribution in [0.25, 0.3) is 0 Å². The van der Waals surface area contributed by atoms with Gasteiger partial charge in [0.15, 0.2) is 0 Å². The van der Waals surface area contributed by atoms with Crippen molar-refractivity contribution in [1.82, 2.24) is 10.2 Å². The summed E-state index contributed by atoms with van der Waals surface area (Å²) in [7, 11) is -3.81. The highest BCUT2D eigenvalue weighted by Gasteiger charge is 2.32. The lowest BCUT2D eigenvalue weighted by molar-refractivity contribution is -0.139.